The Morgan fingerprint density at radius 3 is 3.08 bits per heavy atom. The molecule has 5 nitrogen and oxygen atoms in total. The topological polar surface area (TPSA) is 74.5 Å². The zero-order valence-electron chi connectivity index (χ0n) is 6.80. The van der Waals surface area contributed by atoms with E-state index in [4.69, 9.17) is 5.53 Å². The lowest BCUT2D eigenvalue weighted by Gasteiger charge is -1.96. The van der Waals surface area contributed by atoms with E-state index < -0.39 is 0 Å². The molecule has 0 bridgehead atoms. The second-order valence-electron chi connectivity index (χ2n) is 2.36. The number of hydrogen-bond acceptors (Lipinski definition) is 3. The summed E-state index contributed by atoms with van der Waals surface area (Å²) < 4.78 is 0. The van der Waals surface area contributed by atoms with Gasteiger partial charge in [-0.15, -0.1) is 0 Å². The zero-order valence-corrected chi connectivity index (χ0v) is 6.80. The molecule has 0 aliphatic carbocycles. The second-order valence-corrected chi connectivity index (χ2v) is 2.36. The van der Waals surface area contributed by atoms with Crippen molar-refractivity contribution in [2.24, 2.45) is 5.11 Å². The number of azide groups is 1. The number of rotatable bonds is 3. The quantitative estimate of drug-likeness (QED) is 0.386. The molecule has 0 aliphatic heterocycles. The van der Waals surface area contributed by atoms with E-state index in [2.05, 4.69) is 20.0 Å². The van der Waals surface area contributed by atoms with Crippen LogP contribution in [0.15, 0.2) is 17.5 Å². The first kappa shape index (κ1) is 8.49. The fourth-order valence-corrected chi connectivity index (χ4v) is 0.845. The van der Waals surface area contributed by atoms with Crippen LogP contribution in [0.5, 0.6) is 0 Å². The summed E-state index contributed by atoms with van der Waals surface area (Å²) in [6, 6.07) is 0. The molecule has 12 heavy (non-hydrogen) atoms. The van der Waals surface area contributed by atoms with Crippen LogP contribution >= 0.6 is 0 Å². The van der Waals surface area contributed by atoms with Crippen molar-refractivity contribution in [2.75, 3.05) is 6.54 Å². The smallest absolute Gasteiger partial charge is 0.0591 e. The molecule has 62 valence electrons. The minimum absolute atomic E-state index is 0.439. The first-order valence-electron chi connectivity index (χ1n) is 3.61. The van der Waals surface area contributed by atoms with Crippen LogP contribution < -0.4 is 0 Å². The Morgan fingerprint density at radius 2 is 2.42 bits per heavy atom. The van der Waals surface area contributed by atoms with E-state index in [0.29, 0.717) is 13.0 Å². The monoisotopic (exact) mass is 163 g/mol. The first-order chi connectivity index (χ1) is 5.83. The van der Waals surface area contributed by atoms with Gasteiger partial charge >= 0.3 is 0 Å². The molecule has 0 saturated heterocycles. The number of aromatic nitrogens is 2. The highest BCUT2D eigenvalue weighted by Gasteiger charge is 1.93. The maximum absolute atomic E-state index is 8.02. The van der Waals surface area contributed by atoms with Crippen molar-refractivity contribution in [1.29, 1.82) is 0 Å². The molecular weight excluding hydrogens is 154 g/mol. The standard InChI is InChI=1S/C7H9N5/c1-6-4-9-5-7(11-6)2-3-10-12-8/h4-5H,2-3H2,1H3. The van der Waals surface area contributed by atoms with E-state index in [1.54, 1.807) is 12.4 Å². The molecule has 5 heteroatoms. The second kappa shape index (κ2) is 4.31. The highest BCUT2D eigenvalue weighted by molar-refractivity contribution is 5.01. The Balaban J connectivity index is 2.57. The molecular formula is C7H9N5. The van der Waals surface area contributed by atoms with Gasteiger partial charge in [0.15, 0.2) is 0 Å². The van der Waals surface area contributed by atoms with Gasteiger partial charge < -0.3 is 0 Å². The SMILES string of the molecule is Cc1cncc(CCN=[N+]=[N-])n1. The maximum Gasteiger partial charge on any atom is 0.0591 e. The Bertz CT molecular complexity index is 302. The summed E-state index contributed by atoms with van der Waals surface area (Å²) in [7, 11) is 0. The Hall–Kier alpha value is -1.61. The summed E-state index contributed by atoms with van der Waals surface area (Å²) in [6.45, 7) is 2.32. The Kier molecular flexibility index (Phi) is 3.04. The molecule has 0 amide bonds. The lowest BCUT2D eigenvalue weighted by atomic mass is 10.3. The van der Waals surface area contributed by atoms with Gasteiger partial charge in [-0.1, -0.05) is 5.11 Å². The lowest BCUT2D eigenvalue weighted by Crippen LogP contribution is -1.95. The fraction of sp³-hybridized carbons (Fsp3) is 0.429. The van der Waals surface area contributed by atoms with Crippen LogP contribution in [0.4, 0.5) is 0 Å². The van der Waals surface area contributed by atoms with Crippen molar-refractivity contribution >= 4 is 0 Å². The lowest BCUT2D eigenvalue weighted by molar-refractivity contribution is 0.887. The molecule has 0 atom stereocenters. The van der Waals surface area contributed by atoms with Crippen LogP contribution in [-0.4, -0.2) is 16.5 Å². The fourth-order valence-electron chi connectivity index (χ4n) is 0.845. The molecule has 0 spiro atoms. The highest BCUT2D eigenvalue weighted by Crippen LogP contribution is 1.95. The highest BCUT2D eigenvalue weighted by atomic mass is 15.1. The van der Waals surface area contributed by atoms with E-state index in [-0.39, 0.29) is 0 Å². The predicted octanol–water partition coefficient (Wildman–Crippen LogP) is 1.64. The normalized spacial score (nSPS) is 9.08. The number of hydrogen-bond donors (Lipinski definition) is 0. The first-order valence-corrected chi connectivity index (χ1v) is 3.61. The molecule has 0 radical (unpaired) electrons. The molecule has 0 aromatic carbocycles. The summed E-state index contributed by atoms with van der Waals surface area (Å²) in [4.78, 5) is 10.8. The zero-order chi connectivity index (χ0) is 8.81. The molecule has 1 rings (SSSR count). The molecule has 0 aliphatic rings. The van der Waals surface area contributed by atoms with Crippen molar-refractivity contribution in [3.63, 3.8) is 0 Å². The van der Waals surface area contributed by atoms with Crippen LogP contribution in [0, 0.1) is 6.92 Å². The number of aryl methyl sites for hydroxylation is 1. The van der Waals surface area contributed by atoms with Crippen LogP contribution in [0.1, 0.15) is 11.4 Å². The molecule has 0 saturated carbocycles. The van der Waals surface area contributed by atoms with Gasteiger partial charge in [0.25, 0.3) is 0 Å². The van der Waals surface area contributed by atoms with Crippen LogP contribution in [0.25, 0.3) is 10.4 Å². The molecule has 1 aromatic rings. The van der Waals surface area contributed by atoms with Gasteiger partial charge in [-0.05, 0) is 18.9 Å². The minimum Gasteiger partial charge on any atom is -0.261 e. The molecule has 0 unspecified atom stereocenters. The van der Waals surface area contributed by atoms with Gasteiger partial charge in [-0.25, -0.2) is 0 Å². The van der Waals surface area contributed by atoms with Gasteiger partial charge in [-0.2, -0.15) is 0 Å². The van der Waals surface area contributed by atoms with Crippen molar-refractivity contribution in [1.82, 2.24) is 9.97 Å². The van der Waals surface area contributed by atoms with E-state index in [0.717, 1.165) is 11.4 Å². The Labute approximate surface area is 70.1 Å². The molecule has 1 aromatic heterocycles. The summed E-state index contributed by atoms with van der Waals surface area (Å²) in [6.07, 6.45) is 4.02. The van der Waals surface area contributed by atoms with Crippen molar-refractivity contribution < 1.29 is 0 Å². The van der Waals surface area contributed by atoms with Crippen LogP contribution in [-0.2, 0) is 6.42 Å². The number of nitrogens with zero attached hydrogens (tertiary/aromatic N) is 5. The summed E-state index contributed by atoms with van der Waals surface area (Å²) >= 11 is 0. The van der Waals surface area contributed by atoms with E-state index in [9.17, 15) is 0 Å². The largest absolute Gasteiger partial charge is 0.261 e. The third kappa shape index (κ3) is 2.56. The van der Waals surface area contributed by atoms with E-state index in [1.807, 2.05) is 6.92 Å². The molecule has 0 N–H and O–H groups in total. The minimum atomic E-state index is 0.439. The van der Waals surface area contributed by atoms with E-state index in [1.165, 1.54) is 0 Å². The maximum atomic E-state index is 8.02. The van der Waals surface area contributed by atoms with Gasteiger partial charge in [0.2, 0.25) is 0 Å². The average molecular weight is 163 g/mol. The third-order valence-corrected chi connectivity index (χ3v) is 1.34. The van der Waals surface area contributed by atoms with Crippen LogP contribution in [0.3, 0.4) is 0 Å². The van der Waals surface area contributed by atoms with Crippen molar-refractivity contribution in [3.8, 4) is 0 Å². The van der Waals surface area contributed by atoms with Gasteiger partial charge in [0.05, 0.1) is 11.4 Å². The summed E-state index contributed by atoms with van der Waals surface area (Å²) in [5.74, 6) is 0. The average Bonchev–Trinajstić information content (AvgIpc) is 2.05. The Morgan fingerprint density at radius 1 is 1.58 bits per heavy atom. The van der Waals surface area contributed by atoms with E-state index >= 15 is 0 Å². The van der Waals surface area contributed by atoms with Gasteiger partial charge in [0, 0.05) is 23.9 Å². The predicted molar refractivity (Wildman–Crippen MR) is 44.5 cm³/mol. The summed E-state index contributed by atoms with van der Waals surface area (Å²) in [5.41, 5.74) is 9.77. The third-order valence-electron chi connectivity index (χ3n) is 1.34. The van der Waals surface area contributed by atoms with Gasteiger partial charge in [-0.3, -0.25) is 9.97 Å². The van der Waals surface area contributed by atoms with Gasteiger partial charge in [0.1, 0.15) is 0 Å². The van der Waals surface area contributed by atoms with Crippen molar-refractivity contribution in [2.45, 2.75) is 13.3 Å². The molecule has 1 heterocycles. The molecule has 0 fully saturated rings. The summed E-state index contributed by atoms with van der Waals surface area (Å²) in [5, 5.41) is 3.41. The van der Waals surface area contributed by atoms with Crippen LogP contribution in [0.2, 0.25) is 0 Å². The van der Waals surface area contributed by atoms with Crippen molar-refractivity contribution in [3.05, 3.63) is 34.2 Å².